The Bertz CT molecular complexity index is 8060. The zero-order chi connectivity index (χ0) is 82.5. The molecular formula is C116H74F3N5. The first-order valence-electron chi connectivity index (χ1n) is 41.9. The fraction of sp³-hybridized carbons (Fsp3) is 0. The number of rotatable bonds is 15. The Labute approximate surface area is 714 Å². The third kappa shape index (κ3) is 12.3. The summed E-state index contributed by atoms with van der Waals surface area (Å²) in [5, 5.41) is 19.6. The largest absolute Gasteiger partial charge is 0.311 e. The van der Waals surface area contributed by atoms with E-state index in [1.54, 1.807) is 4.90 Å². The normalized spacial score (nSPS) is 11.7. The Morgan fingerprint density at radius 1 is 0.177 bits per heavy atom. The zero-order valence-corrected chi connectivity index (χ0v) is 67.1. The molecule has 0 aliphatic rings. The van der Waals surface area contributed by atoms with Crippen LogP contribution in [0.2, 0.25) is 0 Å². The number of hydrogen-bond acceptors (Lipinski definition) is 3. The highest BCUT2D eigenvalue weighted by molar-refractivity contribution is 6.36. The van der Waals surface area contributed by atoms with Gasteiger partial charge in [0, 0.05) is 78.4 Å². The lowest BCUT2D eigenvalue weighted by atomic mass is 9.88. The Morgan fingerprint density at radius 3 is 0.960 bits per heavy atom. The fourth-order valence-corrected chi connectivity index (χ4v) is 19.2. The molecule has 0 fully saturated rings. The number of benzene rings is 22. The maximum atomic E-state index is 15.4. The Kier molecular flexibility index (Phi) is 17.8. The molecule has 0 radical (unpaired) electrons. The molecule has 5 nitrogen and oxygen atoms in total. The summed E-state index contributed by atoms with van der Waals surface area (Å²) in [6.45, 7) is 0. The predicted octanol–water partition coefficient (Wildman–Crippen LogP) is 32.9. The molecule has 0 saturated carbocycles. The van der Waals surface area contributed by atoms with Gasteiger partial charge in [0.15, 0.2) is 17.5 Å². The van der Waals surface area contributed by atoms with E-state index in [-0.39, 0.29) is 5.69 Å². The van der Waals surface area contributed by atoms with Gasteiger partial charge < -0.3 is 23.8 Å². The van der Waals surface area contributed by atoms with Gasteiger partial charge in [-0.15, -0.1) is 0 Å². The van der Waals surface area contributed by atoms with Crippen LogP contribution in [0.5, 0.6) is 0 Å². The molecule has 0 saturated heterocycles. The Balaban J connectivity index is 0.000000143. The van der Waals surface area contributed by atoms with Gasteiger partial charge in [0.1, 0.15) is 0 Å². The van der Waals surface area contributed by atoms with Crippen molar-refractivity contribution < 1.29 is 13.2 Å². The first kappa shape index (κ1) is 72.9. The quantitative estimate of drug-likeness (QED) is 0.0753. The first-order valence-corrected chi connectivity index (χ1v) is 41.9. The molecule has 584 valence electrons. The van der Waals surface area contributed by atoms with Crippen molar-refractivity contribution in [1.82, 2.24) is 9.13 Å². The van der Waals surface area contributed by atoms with Gasteiger partial charge in [0.2, 0.25) is 0 Å². The van der Waals surface area contributed by atoms with Gasteiger partial charge in [-0.2, -0.15) is 0 Å². The van der Waals surface area contributed by atoms with Crippen LogP contribution in [0.4, 0.5) is 64.4 Å². The highest BCUT2D eigenvalue weighted by Gasteiger charge is 2.27. The van der Waals surface area contributed by atoms with Crippen molar-refractivity contribution in [2.45, 2.75) is 0 Å². The van der Waals surface area contributed by atoms with Crippen LogP contribution in [-0.4, -0.2) is 9.13 Å². The number of para-hydroxylation sites is 6. The molecular weight excluding hydrogens is 1520 g/mol. The molecule has 0 N–H and O–H groups in total. The summed E-state index contributed by atoms with van der Waals surface area (Å²) in [6, 6.07) is 157. The van der Waals surface area contributed by atoms with E-state index in [9.17, 15) is 8.78 Å². The highest BCUT2D eigenvalue weighted by atomic mass is 19.2. The molecule has 22 aromatic carbocycles. The van der Waals surface area contributed by atoms with Crippen LogP contribution >= 0.6 is 0 Å². The van der Waals surface area contributed by atoms with E-state index < -0.39 is 17.5 Å². The van der Waals surface area contributed by atoms with Crippen LogP contribution < -0.4 is 14.7 Å². The Morgan fingerprint density at radius 2 is 0.492 bits per heavy atom. The van der Waals surface area contributed by atoms with Gasteiger partial charge >= 0.3 is 0 Å². The van der Waals surface area contributed by atoms with Crippen LogP contribution in [0, 0.1) is 17.5 Å². The van der Waals surface area contributed by atoms with E-state index in [2.05, 4.69) is 395 Å². The number of fused-ring (bicyclic) bond motifs is 8. The lowest BCUT2D eigenvalue weighted by Crippen LogP contribution is -2.13. The highest BCUT2D eigenvalue weighted by Crippen LogP contribution is 2.51. The summed E-state index contributed by atoms with van der Waals surface area (Å²) >= 11 is 0. The van der Waals surface area contributed by atoms with Crippen LogP contribution in [0.25, 0.3) is 164 Å². The summed E-state index contributed by atoms with van der Waals surface area (Å²) in [4.78, 5) is 6.27. The molecule has 2 heterocycles. The molecule has 124 heavy (non-hydrogen) atoms. The van der Waals surface area contributed by atoms with E-state index in [0.29, 0.717) is 11.4 Å². The summed E-state index contributed by atoms with van der Waals surface area (Å²) in [5.41, 5.74) is 23.9. The van der Waals surface area contributed by atoms with Gasteiger partial charge in [0.05, 0.1) is 27.8 Å². The molecule has 8 heteroatoms. The average Bonchev–Trinajstić information content (AvgIpc) is 1.51. The van der Waals surface area contributed by atoms with E-state index >= 15 is 4.39 Å². The molecule has 0 atom stereocenters. The van der Waals surface area contributed by atoms with Gasteiger partial charge in [-0.25, -0.2) is 13.2 Å². The minimum absolute atomic E-state index is 0.0799. The average molecular weight is 1590 g/mol. The fourth-order valence-electron chi connectivity index (χ4n) is 19.2. The van der Waals surface area contributed by atoms with E-state index in [1.807, 2.05) is 60.7 Å². The zero-order valence-electron chi connectivity index (χ0n) is 67.1. The second-order valence-electron chi connectivity index (χ2n) is 31.8. The maximum absolute atomic E-state index is 15.4. The van der Waals surface area contributed by atoms with Gasteiger partial charge in [-0.05, 0) is 261 Å². The first-order chi connectivity index (χ1) is 61.3. The van der Waals surface area contributed by atoms with E-state index in [1.165, 1.54) is 115 Å². The summed E-state index contributed by atoms with van der Waals surface area (Å²) in [6.07, 6.45) is 0. The summed E-state index contributed by atoms with van der Waals surface area (Å²) in [7, 11) is 0. The van der Waals surface area contributed by atoms with Gasteiger partial charge in [-0.3, -0.25) is 0 Å². The van der Waals surface area contributed by atoms with Crippen molar-refractivity contribution in [3.8, 4) is 55.9 Å². The van der Waals surface area contributed by atoms with Crippen molar-refractivity contribution in [2.24, 2.45) is 0 Å². The third-order valence-electron chi connectivity index (χ3n) is 24.8. The molecule has 0 aliphatic carbocycles. The maximum Gasteiger partial charge on any atom is 0.196 e. The second kappa shape index (κ2) is 30.2. The van der Waals surface area contributed by atoms with Crippen molar-refractivity contribution in [2.75, 3.05) is 14.7 Å². The SMILES string of the molecule is Fc1ccc(N(c2ccccc2)c2ccc(-c3ccc4ccc5c6c(ccc3c46)cc3c5c4ccc(-c5ccccc5)cc4n3-c3ccc(-c4ccccc4)cc3)cc2)c(F)c1F.c1ccc(N(c2ccccc2)c2ccc(-c3ccc4ccc5c6c(ccc3c46)cc3c5c4ccc(N(c5ccccc5)c5ccccc5)cc4n3-c3ccccc3)cc2)cc1. The molecule has 0 bridgehead atoms. The molecule has 2 aromatic heterocycles. The minimum Gasteiger partial charge on any atom is -0.311 e. The third-order valence-corrected chi connectivity index (χ3v) is 24.8. The monoisotopic (exact) mass is 1590 g/mol. The molecule has 24 rings (SSSR count). The number of aromatic nitrogens is 2. The molecule has 0 spiro atoms. The predicted molar refractivity (Wildman–Crippen MR) is 515 cm³/mol. The Hall–Kier alpha value is -16.3. The smallest absolute Gasteiger partial charge is 0.196 e. The topological polar surface area (TPSA) is 19.6 Å². The lowest BCUT2D eigenvalue weighted by molar-refractivity contribution is 0.448. The number of anilines is 9. The van der Waals surface area contributed by atoms with Crippen molar-refractivity contribution >= 4 is 159 Å². The standard InChI is InChI=1S/C58H35F3N2.C58H39N3/c59-50-32-33-51(58(61)57(50)60)62(43-14-8-3-9-15-43)44-26-18-39(19-27-44)46-28-20-40-21-31-49-55-42(23-29-47(46)54(40)55)35-53-56(49)48-30-22-41(37-12-6-2-7-13-37)34-52(48)63(53)45-24-16-38(17-25-45)36-10-4-1-5-11-36;1-6-16-43(17-7-1)59(44-18-8-2-9-19-44)48-31-26-40(27-32-48)50-34-28-41-29-36-53-57-42(30-35-51(50)56(41)57)38-55-58(53)52-37-33-49(39-54(52)61(55)47-24-14-5-15-25-47)60(45-20-10-3-11-21-45)46-22-12-4-13-23-46/h1-35H;1-39H. The van der Waals surface area contributed by atoms with Crippen LogP contribution in [-0.2, 0) is 0 Å². The van der Waals surface area contributed by atoms with Crippen molar-refractivity contribution in [3.05, 3.63) is 466 Å². The number of hydrogen-bond donors (Lipinski definition) is 0. The van der Waals surface area contributed by atoms with Crippen LogP contribution in [0.15, 0.2) is 449 Å². The van der Waals surface area contributed by atoms with Gasteiger partial charge in [-0.1, -0.05) is 297 Å². The molecule has 24 aromatic rings. The minimum atomic E-state index is -1.50. The van der Waals surface area contributed by atoms with Crippen LogP contribution in [0.1, 0.15) is 0 Å². The lowest BCUT2D eigenvalue weighted by Gasteiger charge is -2.26. The van der Waals surface area contributed by atoms with Crippen molar-refractivity contribution in [3.63, 3.8) is 0 Å². The molecule has 0 aliphatic heterocycles. The molecule has 0 amide bonds. The van der Waals surface area contributed by atoms with E-state index in [0.717, 1.165) is 95.4 Å². The second-order valence-corrected chi connectivity index (χ2v) is 31.8. The van der Waals surface area contributed by atoms with Crippen molar-refractivity contribution in [1.29, 1.82) is 0 Å². The van der Waals surface area contributed by atoms with Crippen LogP contribution in [0.3, 0.4) is 0 Å². The van der Waals surface area contributed by atoms with E-state index in [4.69, 9.17) is 0 Å². The molecule has 0 unspecified atom stereocenters. The summed E-state index contributed by atoms with van der Waals surface area (Å²) < 4.78 is 48.9. The summed E-state index contributed by atoms with van der Waals surface area (Å²) in [5.74, 6) is -3.98. The van der Waals surface area contributed by atoms with Gasteiger partial charge in [0.25, 0.3) is 0 Å². The number of nitrogens with zero attached hydrogens (tertiary/aromatic N) is 5. The number of halogens is 3.